The van der Waals surface area contributed by atoms with Crippen LogP contribution in [0.2, 0.25) is 25.1 Å². The van der Waals surface area contributed by atoms with Crippen LogP contribution in [0.3, 0.4) is 0 Å². The summed E-state index contributed by atoms with van der Waals surface area (Å²) in [6.45, 7) is 8.82. The first kappa shape index (κ1) is 91.4. The summed E-state index contributed by atoms with van der Waals surface area (Å²) < 4.78 is 123. The van der Waals surface area contributed by atoms with Crippen LogP contribution in [-0.2, 0) is 92.5 Å². The average Bonchev–Trinajstić information content (AvgIpc) is 0.781. The third kappa shape index (κ3) is 27.0. The molecule has 33 heteroatoms. The molecule has 3 aliphatic heterocycles. The number of hydrogen-bond acceptors (Lipinski definition) is 19. The van der Waals surface area contributed by atoms with Crippen molar-refractivity contribution in [1.29, 1.82) is 0 Å². The first-order chi connectivity index (χ1) is 53.8. The van der Waals surface area contributed by atoms with Crippen molar-refractivity contribution < 1.29 is 68.1 Å². The Kier molecular flexibility index (Phi) is 35.0. The van der Waals surface area contributed by atoms with E-state index < -0.39 is 35.6 Å². The number of sulfonamides is 3. The number of nitrogens with two attached hydrogens (primary N) is 1. The van der Waals surface area contributed by atoms with Gasteiger partial charge in [-0.05, 0) is 170 Å². The van der Waals surface area contributed by atoms with E-state index in [-0.39, 0.29) is 207 Å². The van der Waals surface area contributed by atoms with Crippen molar-refractivity contribution in [2.24, 2.45) is 5.73 Å². The second-order valence-corrected chi connectivity index (χ2v) is 36.8. The summed E-state index contributed by atoms with van der Waals surface area (Å²) in [5.41, 5.74) is 15.6. The summed E-state index contributed by atoms with van der Waals surface area (Å²) in [4.78, 5) is 52.4. The Balaban J connectivity index is 0.676. The molecule has 620 valence electrons. The van der Waals surface area contributed by atoms with E-state index in [1.165, 1.54) is 14.7 Å². The number of ether oxygens (including phenoxy) is 6. The molecule has 0 radical (unpaired) electrons. The summed E-state index contributed by atoms with van der Waals surface area (Å²) in [5.74, 6) is -0.980. The summed E-state index contributed by atoms with van der Waals surface area (Å²) in [5, 5.41) is 2.88. The van der Waals surface area contributed by atoms with Gasteiger partial charge in [0.05, 0.1) is 94.0 Å². The Labute approximate surface area is 691 Å². The van der Waals surface area contributed by atoms with Gasteiger partial charge in [0, 0.05) is 167 Å². The minimum Gasteiger partial charge on any atom is -0.378 e. The number of nitrogens with one attached hydrogen (secondary N) is 3. The van der Waals surface area contributed by atoms with E-state index in [0.717, 1.165) is 55.6 Å². The molecule has 113 heavy (non-hydrogen) atoms. The number of aryl methyl sites for hydroxylation is 1. The topological polar surface area (TPSA) is 291 Å². The van der Waals surface area contributed by atoms with Gasteiger partial charge in [-0.1, -0.05) is 100 Å². The number of carbonyl (C=O) groups is 3. The number of fused-ring (bicyclic) bond motifs is 3. The maximum Gasteiger partial charge on any atom is 0.240 e. The van der Waals surface area contributed by atoms with Gasteiger partial charge in [0.2, 0.25) is 47.8 Å². The number of benzene rings is 6. The minimum atomic E-state index is -3.88. The van der Waals surface area contributed by atoms with Crippen molar-refractivity contribution in [2.75, 3.05) is 180 Å². The summed E-state index contributed by atoms with van der Waals surface area (Å²) in [6, 6.07) is 32.0. The number of nitrogens with zero attached hydrogens (tertiary/aromatic N) is 6. The van der Waals surface area contributed by atoms with Gasteiger partial charge in [0.25, 0.3) is 0 Å². The molecular weight excluding hydrogens is 1610 g/mol. The van der Waals surface area contributed by atoms with E-state index in [0.29, 0.717) is 64.4 Å². The molecule has 0 aromatic heterocycles. The molecule has 3 heterocycles. The number of rotatable bonds is 45. The fourth-order valence-electron chi connectivity index (χ4n) is 14.2. The Bertz CT molecular complexity index is 4130. The van der Waals surface area contributed by atoms with Crippen LogP contribution in [-0.4, -0.2) is 258 Å². The Hall–Kier alpha value is -5.49. The van der Waals surface area contributed by atoms with Gasteiger partial charge >= 0.3 is 0 Å². The lowest BCUT2D eigenvalue weighted by molar-refractivity contribution is -0.131. The van der Waals surface area contributed by atoms with Gasteiger partial charge in [0.15, 0.2) is 0 Å². The van der Waals surface area contributed by atoms with E-state index in [4.69, 9.17) is 92.2 Å². The molecule has 3 amide bonds. The molecule has 0 bridgehead atoms. The third-order valence-electron chi connectivity index (χ3n) is 20.6. The number of likely N-dealkylation sites (N-methyl/N-ethyl adjacent to an activating group) is 6. The standard InChI is InChI=1S/C80H107Cl5N10O15S3/c1-56-41-65-68(50-90(2)53-71(65)74(83)42-56)57-11-8-14-62(43-57)111(99,100)87-23-29-105-35-38-108-32-26-93(5)77(96)17-20-80(86,21-18-78(97)94(6)27-33-109-39-36-106-30-24-88-112(101,102)63-15-9-12-58(44-63)69-51-91(3)54-72-66(69)46-60(81)48-75(72)84)22-19-79(98)95(7)28-34-110-40-37-107-31-25-89-113(103,104)64-16-10-13-59(45-64)70-52-92(4)55-73-67(70)47-61(82)49-76(73)85/h8-16,41-49,68-70,87-89H,17-40,50-55,86H2,1-7H3/t68-,69-,70-/m0/s1. The predicted molar refractivity (Wildman–Crippen MR) is 441 cm³/mol. The minimum absolute atomic E-state index is 0.0222. The van der Waals surface area contributed by atoms with Crippen LogP contribution in [0.1, 0.15) is 112 Å². The van der Waals surface area contributed by atoms with Crippen molar-refractivity contribution in [3.63, 3.8) is 0 Å². The first-order valence-corrected chi connectivity index (χ1v) is 44.2. The molecule has 0 saturated carbocycles. The number of halogens is 5. The van der Waals surface area contributed by atoms with E-state index in [1.807, 2.05) is 64.5 Å². The summed E-state index contributed by atoms with van der Waals surface area (Å²) in [6.07, 6.45) is 0.590. The molecule has 0 aliphatic carbocycles. The van der Waals surface area contributed by atoms with Crippen molar-refractivity contribution >= 4 is 106 Å². The van der Waals surface area contributed by atoms with Gasteiger partial charge in [-0.25, -0.2) is 39.4 Å². The molecule has 25 nitrogen and oxygen atoms in total. The first-order valence-electron chi connectivity index (χ1n) is 37.9. The Morgan fingerprint density at radius 2 is 0.708 bits per heavy atom. The molecule has 6 aromatic carbocycles. The predicted octanol–water partition coefficient (Wildman–Crippen LogP) is 9.74. The van der Waals surface area contributed by atoms with Crippen LogP contribution < -0.4 is 19.9 Å². The molecule has 0 spiro atoms. The number of hydrogen-bond donors (Lipinski definition) is 4. The second-order valence-electron chi connectivity index (χ2n) is 29.4. The summed E-state index contributed by atoms with van der Waals surface area (Å²) >= 11 is 32.6. The fraction of sp³-hybridized carbons (Fsp3) is 0.512. The van der Waals surface area contributed by atoms with E-state index >= 15 is 0 Å². The molecule has 9 rings (SSSR count). The number of amides is 3. The van der Waals surface area contributed by atoms with E-state index in [9.17, 15) is 39.6 Å². The molecule has 3 atom stereocenters. The maximum atomic E-state index is 13.6. The van der Waals surface area contributed by atoms with Crippen LogP contribution in [0.4, 0.5) is 0 Å². The van der Waals surface area contributed by atoms with Crippen molar-refractivity contribution in [3.05, 3.63) is 190 Å². The third-order valence-corrected chi connectivity index (χ3v) is 26.4. The molecule has 6 aromatic rings. The zero-order valence-electron chi connectivity index (χ0n) is 65.3. The molecular formula is C80H107Cl5N10O15S3. The largest absolute Gasteiger partial charge is 0.378 e. The zero-order valence-corrected chi connectivity index (χ0v) is 71.6. The van der Waals surface area contributed by atoms with E-state index in [2.05, 4.69) is 34.9 Å². The molecule has 0 unspecified atom stereocenters. The number of carbonyl (C=O) groups excluding carboxylic acids is 3. The fourth-order valence-corrected chi connectivity index (χ4v) is 18.9. The highest BCUT2D eigenvalue weighted by Gasteiger charge is 2.34. The molecule has 0 fully saturated rings. The zero-order chi connectivity index (χ0) is 81.6. The quantitative estimate of drug-likeness (QED) is 0.0259. The van der Waals surface area contributed by atoms with Gasteiger partial charge in [-0.3, -0.25) is 14.4 Å². The van der Waals surface area contributed by atoms with Crippen LogP contribution in [0, 0.1) is 6.92 Å². The van der Waals surface area contributed by atoms with Crippen LogP contribution in [0.15, 0.2) is 124 Å². The van der Waals surface area contributed by atoms with Crippen molar-refractivity contribution in [1.82, 2.24) is 43.6 Å². The van der Waals surface area contributed by atoms with Crippen LogP contribution >= 0.6 is 58.0 Å². The Morgan fingerprint density at radius 1 is 0.425 bits per heavy atom. The average molecular weight is 1720 g/mol. The van der Waals surface area contributed by atoms with Gasteiger partial charge in [-0.15, -0.1) is 0 Å². The summed E-state index contributed by atoms with van der Waals surface area (Å²) in [7, 11) is -0.668. The highest BCUT2D eigenvalue weighted by atomic mass is 35.5. The second kappa shape index (κ2) is 43.3. The van der Waals surface area contributed by atoms with Gasteiger partial charge in [-0.2, -0.15) is 0 Å². The highest BCUT2D eigenvalue weighted by molar-refractivity contribution is 7.90. The van der Waals surface area contributed by atoms with Crippen molar-refractivity contribution in [3.8, 4) is 0 Å². The molecule has 3 aliphatic rings. The SMILES string of the molecule is Cc1cc(Cl)c2c(c1)[C@H](c1cccc(S(=O)(=O)NCCOCCOCCN(C)C(=O)CCC(N)(CCC(=O)N(C)CCOCCOCCNS(=O)(=O)c3cccc([C@@H]4CN(C)Cc5c(Cl)cc(Cl)cc54)c3)CCC(=O)N(C)CCOCCOCCNS(=O)(=O)c3cccc([C@@H]4CN(C)Cc5c(Cl)cc(Cl)cc54)c3)c1)CN(C)C2. The lowest BCUT2D eigenvalue weighted by atomic mass is 9.84. The van der Waals surface area contributed by atoms with Crippen LogP contribution in [0.5, 0.6) is 0 Å². The lowest BCUT2D eigenvalue weighted by Crippen LogP contribution is -2.44. The smallest absolute Gasteiger partial charge is 0.240 e. The van der Waals surface area contributed by atoms with E-state index in [1.54, 1.807) is 87.9 Å². The molecule has 5 N–H and O–H groups in total. The van der Waals surface area contributed by atoms with Gasteiger partial charge < -0.3 is 63.6 Å². The molecule has 0 saturated heterocycles. The highest BCUT2D eigenvalue weighted by Crippen LogP contribution is 2.42. The Morgan fingerprint density at radius 3 is 1.02 bits per heavy atom. The normalized spacial score (nSPS) is 16.4. The monoisotopic (exact) mass is 1720 g/mol. The van der Waals surface area contributed by atoms with Crippen molar-refractivity contribution in [2.45, 2.75) is 103 Å². The van der Waals surface area contributed by atoms with Gasteiger partial charge in [0.1, 0.15) is 0 Å². The lowest BCUT2D eigenvalue weighted by Gasteiger charge is -2.33. The van der Waals surface area contributed by atoms with Crippen LogP contribution in [0.25, 0.3) is 0 Å². The maximum absolute atomic E-state index is 13.6.